The van der Waals surface area contributed by atoms with Crippen molar-refractivity contribution in [2.24, 2.45) is 0 Å². The average Bonchev–Trinajstić information content (AvgIpc) is 2.58. The first-order valence-corrected chi connectivity index (χ1v) is 5.43. The number of aromatic carboxylic acids is 1. The summed E-state index contributed by atoms with van der Waals surface area (Å²) in [7, 11) is 0. The van der Waals surface area contributed by atoms with Crippen molar-refractivity contribution in [1.29, 1.82) is 0 Å². The molecule has 0 saturated carbocycles. The number of para-hydroxylation sites is 1. The maximum Gasteiger partial charge on any atom is 0.338 e. The minimum Gasteiger partial charge on any atom is -0.478 e. The summed E-state index contributed by atoms with van der Waals surface area (Å²) >= 11 is 6.03. The van der Waals surface area contributed by atoms with Gasteiger partial charge in [0.15, 0.2) is 0 Å². The molecule has 1 heterocycles. The smallest absolute Gasteiger partial charge is 0.338 e. The van der Waals surface area contributed by atoms with Gasteiger partial charge in [-0.05, 0) is 12.0 Å². The monoisotopic (exact) mass is 237 g/mol. The van der Waals surface area contributed by atoms with E-state index in [-0.39, 0.29) is 5.92 Å². The van der Waals surface area contributed by atoms with Crippen LogP contribution >= 0.6 is 11.6 Å². The highest BCUT2D eigenvalue weighted by molar-refractivity contribution is 6.35. The van der Waals surface area contributed by atoms with Crippen molar-refractivity contribution >= 4 is 28.5 Å². The van der Waals surface area contributed by atoms with E-state index in [1.54, 1.807) is 18.2 Å². The summed E-state index contributed by atoms with van der Waals surface area (Å²) in [6.07, 6.45) is 0. The zero-order valence-corrected chi connectivity index (χ0v) is 9.80. The third-order valence-electron chi connectivity index (χ3n) is 2.60. The number of carbonyl (C=O) groups is 1. The van der Waals surface area contributed by atoms with Crippen molar-refractivity contribution in [2.45, 2.75) is 19.8 Å². The summed E-state index contributed by atoms with van der Waals surface area (Å²) in [4.78, 5) is 14.3. The molecule has 0 aliphatic heterocycles. The van der Waals surface area contributed by atoms with Crippen molar-refractivity contribution in [2.75, 3.05) is 0 Å². The quantitative estimate of drug-likeness (QED) is 0.838. The number of carboxylic acid groups (broad SMARTS) is 1. The Labute approximate surface area is 98.0 Å². The van der Waals surface area contributed by atoms with Gasteiger partial charge in [-0.15, -0.1) is 0 Å². The summed E-state index contributed by atoms with van der Waals surface area (Å²) in [6.45, 7) is 3.90. The molecule has 84 valence electrons. The fraction of sp³-hybridized carbons (Fsp3) is 0.250. The van der Waals surface area contributed by atoms with Gasteiger partial charge >= 0.3 is 5.97 Å². The maximum absolute atomic E-state index is 11.2. The molecule has 2 N–H and O–H groups in total. The van der Waals surface area contributed by atoms with E-state index in [9.17, 15) is 9.90 Å². The number of aromatic nitrogens is 1. The molecular weight excluding hydrogens is 226 g/mol. The van der Waals surface area contributed by atoms with Crippen LogP contribution in [0.5, 0.6) is 0 Å². The molecule has 0 fully saturated rings. The highest BCUT2D eigenvalue weighted by atomic mass is 35.5. The SMILES string of the molecule is CC(C)c1[nH]c2c(Cl)cccc2c1C(=O)O. The third kappa shape index (κ3) is 1.57. The van der Waals surface area contributed by atoms with E-state index < -0.39 is 5.97 Å². The number of halogens is 1. The van der Waals surface area contributed by atoms with Gasteiger partial charge < -0.3 is 10.1 Å². The Hall–Kier alpha value is -1.48. The van der Waals surface area contributed by atoms with Crippen LogP contribution in [0.2, 0.25) is 5.02 Å². The summed E-state index contributed by atoms with van der Waals surface area (Å²) in [5.74, 6) is -0.799. The normalized spacial score (nSPS) is 11.2. The summed E-state index contributed by atoms with van der Waals surface area (Å²) < 4.78 is 0. The number of carboxylic acids is 1. The van der Waals surface area contributed by atoms with Gasteiger partial charge in [0.05, 0.1) is 16.1 Å². The van der Waals surface area contributed by atoms with E-state index in [0.717, 1.165) is 5.69 Å². The lowest BCUT2D eigenvalue weighted by Gasteiger charge is -2.03. The van der Waals surface area contributed by atoms with Crippen molar-refractivity contribution < 1.29 is 9.90 Å². The van der Waals surface area contributed by atoms with Crippen LogP contribution in [0.25, 0.3) is 10.9 Å². The van der Waals surface area contributed by atoms with Crippen molar-refractivity contribution in [3.63, 3.8) is 0 Å². The van der Waals surface area contributed by atoms with Gasteiger partial charge in [0, 0.05) is 11.1 Å². The minimum absolute atomic E-state index is 0.120. The second-order valence-electron chi connectivity index (χ2n) is 4.04. The predicted octanol–water partition coefficient (Wildman–Crippen LogP) is 3.64. The lowest BCUT2D eigenvalue weighted by molar-refractivity contribution is 0.0697. The first-order valence-electron chi connectivity index (χ1n) is 5.05. The number of aromatic amines is 1. The van der Waals surface area contributed by atoms with Gasteiger partial charge in [-0.3, -0.25) is 0 Å². The molecule has 0 spiro atoms. The molecule has 0 atom stereocenters. The topological polar surface area (TPSA) is 53.1 Å². The van der Waals surface area contributed by atoms with Crippen LogP contribution in [0, 0.1) is 0 Å². The third-order valence-corrected chi connectivity index (χ3v) is 2.92. The highest BCUT2D eigenvalue weighted by Crippen LogP contribution is 2.31. The number of rotatable bonds is 2. The second-order valence-corrected chi connectivity index (χ2v) is 4.44. The molecule has 2 aromatic rings. The van der Waals surface area contributed by atoms with E-state index in [4.69, 9.17) is 11.6 Å². The average molecular weight is 238 g/mol. The second kappa shape index (κ2) is 3.83. The number of benzene rings is 1. The number of hydrogen-bond donors (Lipinski definition) is 2. The van der Waals surface area contributed by atoms with Crippen LogP contribution < -0.4 is 0 Å². The van der Waals surface area contributed by atoms with E-state index in [1.165, 1.54) is 0 Å². The number of nitrogens with one attached hydrogen (secondary N) is 1. The van der Waals surface area contributed by atoms with E-state index >= 15 is 0 Å². The molecule has 4 heteroatoms. The molecule has 0 amide bonds. The molecular formula is C12H12ClNO2. The molecule has 0 unspecified atom stereocenters. The lowest BCUT2D eigenvalue weighted by atomic mass is 10.0. The van der Waals surface area contributed by atoms with Crippen LogP contribution in [0.4, 0.5) is 0 Å². The van der Waals surface area contributed by atoms with Crippen LogP contribution in [0.15, 0.2) is 18.2 Å². The van der Waals surface area contributed by atoms with Gasteiger partial charge in [0.1, 0.15) is 0 Å². The summed E-state index contributed by atoms with van der Waals surface area (Å²) in [5.41, 5.74) is 1.74. The number of H-pyrrole nitrogens is 1. The molecule has 2 rings (SSSR count). The van der Waals surface area contributed by atoms with Gasteiger partial charge in [0.25, 0.3) is 0 Å². The zero-order valence-electron chi connectivity index (χ0n) is 9.04. The molecule has 1 aromatic carbocycles. The Kier molecular flexibility index (Phi) is 2.64. The van der Waals surface area contributed by atoms with Crippen molar-refractivity contribution in [3.8, 4) is 0 Å². The van der Waals surface area contributed by atoms with E-state index in [0.29, 0.717) is 21.5 Å². The lowest BCUT2D eigenvalue weighted by Crippen LogP contribution is -2.01. The molecule has 0 aliphatic carbocycles. The van der Waals surface area contributed by atoms with E-state index in [1.807, 2.05) is 13.8 Å². The molecule has 3 nitrogen and oxygen atoms in total. The molecule has 0 saturated heterocycles. The summed E-state index contributed by atoms with van der Waals surface area (Å²) in [5, 5.41) is 10.4. The number of fused-ring (bicyclic) bond motifs is 1. The molecule has 1 aromatic heterocycles. The summed E-state index contributed by atoms with van der Waals surface area (Å²) in [6, 6.07) is 5.28. The number of hydrogen-bond acceptors (Lipinski definition) is 1. The predicted molar refractivity (Wildman–Crippen MR) is 64.4 cm³/mol. The fourth-order valence-corrected chi connectivity index (χ4v) is 2.09. The Morgan fingerprint density at radius 1 is 1.44 bits per heavy atom. The maximum atomic E-state index is 11.2. The van der Waals surface area contributed by atoms with Crippen molar-refractivity contribution in [1.82, 2.24) is 4.98 Å². The molecule has 0 aliphatic rings. The Morgan fingerprint density at radius 2 is 2.12 bits per heavy atom. The van der Waals surface area contributed by atoms with Gasteiger partial charge in [-0.2, -0.15) is 0 Å². The first kappa shape index (κ1) is 11.0. The van der Waals surface area contributed by atoms with Crippen LogP contribution in [0.1, 0.15) is 35.8 Å². The molecule has 16 heavy (non-hydrogen) atoms. The largest absolute Gasteiger partial charge is 0.478 e. The Balaban J connectivity index is 2.86. The zero-order chi connectivity index (χ0) is 11.9. The van der Waals surface area contributed by atoms with Crippen molar-refractivity contribution in [3.05, 3.63) is 34.5 Å². The van der Waals surface area contributed by atoms with Gasteiger partial charge in [-0.25, -0.2) is 4.79 Å². The van der Waals surface area contributed by atoms with Gasteiger partial charge in [-0.1, -0.05) is 37.6 Å². The van der Waals surface area contributed by atoms with Crippen LogP contribution in [-0.2, 0) is 0 Å². The Morgan fingerprint density at radius 3 is 2.69 bits per heavy atom. The van der Waals surface area contributed by atoms with E-state index in [2.05, 4.69) is 4.98 Å². The Bertz CT molecular complexity index is 557. The van der Waals surface area contributed by atoms with Crippen LogP contribution in [-0.4, -0.2) is 16.1 Å². The fourth-order valence-electron chi connectivity index (χ4n) is 1.87. The molecule has 0 radical (unpaired) electrons. The van der Waals surface area contributed by atoms with Crippen LogP contribution in [0.3, 0.4) is 0 Å². The van der Waals surface area contributed by atoms with Gasteiger partial charge in [0.2, 0.25) is 0 Å². The highest BCUT2D eigenvalue weighted by Gasteiger charge is 2.20. The minimum atomic E-state index is -0.919. The first-order chi connectivity index (χ1) is 7.52. The standard InChI is InChI=1S/C12H12ClNO2/c1-6(2)10-9(12(15)16)7-4-3-5-8(13)11(7)14-10/h3-6,14H,1-2H3,(H,15,16). The molecule has 0 bridgehead atoms.